The average Bonchev–Trinajstić information content (AvgIpc) is 3.46. The third kappa shape index (κ3) is 3.34. The molecule has 0 saturated heterocycles. The summed E-state index contributed by atoms with van der Waals surface area (Å²) >= 11 is 0. The Labute approximate surface area is 235 Å². The third-order valence-corrected chi connectivity index (χ3v) is 8.80. The molecule has 0 bridgehead atoms. The fourth-order valence-electron chi connectivity index (χ4n) is 6.75. The lowest BCUT2D eigenvalue weighted by Crippen LogP contribution is -2.15. The topological polar surface area (TPSA) is 4.93 Å². The van der Waals surface area contributed by atoms with Crippen LogP contribution in [0.5, 0.6) is 0 Å². The molecule has 0 radical (unpaired) electrons. The summed E-state index contributed by atoms with van der Waals surface area (Å²) in [5, 5.41) is 2.56. The summed E-state index contributed by atoms with van der Waals surface area (Å²) in [6.45, 7) is 4.72. The number of benzene rings is 6. The molecule has 6 aromatic carbocycles. The first-order valence-corrected chi connectivity index (χ1v) is 14.0. The average molecular weight is 512 g/mol. The fraction of sp³-hybridized carbons (Fsp3) is 0.0769. The molecule has 1 heteroatoms. The van der Waals surface area contributed by atoms with Gasteiger partial charge in [0.15, 0.2) is 0 Å². The van der Waals surface area contributed by atoms with Crippen molar-refractivity contribution >= 4 is 21.8 Å². The summed E-state index contributed by atoms with van der Waals surface area (Å²) < 4.78 is 2.38. The number of hydrogen-bond donors (Lipinski definition) is 0. The highest BCUT2D eigenvalue weighted by molar-refractivity contribution is 6.10. The van der Waals surface area contributed by atoms with E-state index < -0.39 is 0 Å². The van der Waals surface area contributed by atoms with Crippen LogP contribution in [-0.4, -0.2) is 4.57 Å². The van der Waals surface area contributed by atoms with Crippen molar-refractivity contribution in [3.05, 3.63) is 151 Å². The smallest absolute Gasteiger partial charge is 0.0541 e. The van der Waals surface area contributed by atoms with E-state index >= 15 is 0 Å². The van der Waals surface area contributed by atoms with Crippen LogP contribution in [0.15, 0.2) is 140 Å². The second-order valence-electron chi connectivity index (χ2n) is 11.4. The SMILES string of the molecule is CC1(C)c2ccc(-c3ccc4c(c3)c3ccccc3n4-c3ccccc3)cc2-c2ccc(-c3ccccc3)cc21. The van der Waals surface area contributed by atoms with Gasteiger partial charge in [0.1, 0.15) is 0 Å². The van der Waals surface area contributed by atoms with Crippen molar-refractivity contribution in [3.63, 3.8) is 0 Å². The number of para-hydroxylation sites is 2. The summed E-state index contributed by atoms with van der Waals surface area (Å²) in [7, 11) is 0. The van der Waals surface area contributed by atoms with E-state index in [4.69, 9.17) is 0 Å². The van der Waals surface area contributed by atoms with Gasteiger partial charge in [0.25, 0.3) is 0 Å². The minimum Gasteiger partial charge on any atom is -0.309 e. The van der Waals surface area contributed by atoms with Crippen molar-refractivity contribution in [2.24, 2.45) is 0 Å². The van der Waals surface area contributed by atoms with Crippen molar-refractivity contribution < 1.29 is 0 Å². The molecule has 1 aromatic heterocycles. The molecule has 0 aliphatic heterocycles. The zero-order chi connectivity index (χ0) is 26.8. The van der Waals surface area contributed by atoms with Gasteiger partial charge in [0.2, 0.25) is 0 Å². The molecular formula is C39H29N. The maximum absolute atomic E-state index is 2.41. The Hall–Kier alpha value is -4.88. The van der Waals surface area contributed by atoms with Crippen LogP contribution in [0, 0.1) is 0 Å². The standard InChI is InChI=1S/C39H29N/c1-39(2)35-21-18-27(23-33(35)31-20-17-29(25-36(31)39)26-11-5-3-6-12-26)28-19-22-38-34(24-28)32-15-9-10-16-37(32)40(38)30-13-7-4-8-14-30/h3-25H,1-2H3. The number of nitrogens with zero attached hydrogens (tertiary/aromatic N) is 1. The van der Waals surface area contributed by atoms with E-state index in [1.807, 2.05) is 0 Å². The molecule has 0 unspecified atom stereocenters. The van der Waals surface area contributed by atoms with Crippen molar-refractivity contribution in [1.29, 1.82) is 0 Å². The monoisotopic (exact) mass is 511 g/mol. The molecule has 1 aliphatic carbocycles. The minimum atomic E-state index is -0.0406. The molecule has 0 N–H and O–H groups in total. The molecule has 7 aromatic rings. The van der Waals surface area contributed by atoms with Crippen LogP contribution in [-0.2, 0) is 5.41 Å². The zero-order valence-electron chi connectivity index (χ0n) is 22.7. The van der Waals surface area contributed by atoms with Crippen LogP contribution in [0.25, 0.3) is 60.9 Å². The van der Waals surface area contributed by atoms with E-state index in [-0.39, 0.29) is 5.41 Å². The summed E-state index contributed by atoms with van der Waals surface area (Å²) in [4.78, 5) is 0. The van der Waals surface area contributed by atoms with Gasteiger partial charge in [0, 0.05) is 21.9 Å². The Bertz CT molecular complexity index is 2060. The first-order chi connectivity index (χ1) is 19.6. The van der Waals surface area contributed by atoms with E-state index in [1.54, 1.807) is 0 Å². The van der Waals surface area contributed by atoms with E-state index in [0.717, 1.165) is 0 Å². The predicted octanol–water partition coefficient (Wildman–Crippen LogP) is 10.4. The van der Waals surface area contributed by atoms with Gasteiger partial charge in [-0.1, -0.05) is 111 Å². The number of hydrogen-bond acceptors (Lipinski definition) is 0. The summed E-state index contributed by atoms with van der Waals surface area (Å²) in [5.41, 5.74) is 14.2. The Balaban J connectivity index is 1.28. The molecule has 40 heavy (non-hydrogen) atoms. The van der Waals surface area contributed by atoms with E-state index in [2.05, 4.69) is 158 Å². The molecule has 0 fully saturated rings. The second kappa shape index (κ2) is 8.56. The third-order valence-electron chi connectivity index (χ3n) is 8.80. The number of rotatable bonds is 3. The summed E-state index contributed by atoms with van der Waals surface area (Å²) in [6, 6.07) is 51.1. The molecular weight excluding hydrogens is 482 g/mol. The fourth-order valence-corrected chi connectivity index (χ4v) is 6.75. The van der Waals surface area contributed by atoms with E-state index in [1.165, 1.54) is 72.0 Å². The molecule has 1 nitrogen and oxygen atoms in total. The van der Waals surface area contributed by atoms with Crippen LogP contribution in [0.2, 0.25) is 0 Å². The lowest BCUT2D eigenvalue weighted by molar-refractivity contribution is 0.660. The summed E-state index contributed by atoms with van der Waals surface area (Å²) in [5.74, 6) is 0. The molecule has 0 amide bonds. The van der Waals surface area contributed by atoms with E-state index in [9.17, 15) is 0 Å². The highest BCUT2D eigenvalue weighted by Gasteiger charge is 2.35. The van der Waals surface area contributed by atoms with Crippen LogP contribution in [0.1, 0.15) is 25.0 Å². The largest absolute Gasteiger partial charge is 0.309 e. The van der Waals surface area contributed by atoms with Crippen LogP contribution in [0.3, 0.4) is 0 Å². The van der Waals surface area contributed by atoms with Crippen molar-refractivity contribution in [1.82, 2.24) is 4.57 Å². The zero-order valence-corrected chi connectivity index (χ0v) is 22.7. The van der Waals surface area contributed by atoms with Gasteiger partial charge >= 0.3 is 0 Å². The van der Waals surface area contributed by atoms with Gasteiger partial charge in [-0.3, -0.25) is 0 Å². The maximum Gasteiger partial charge on any atom is 0.0541 e. The van der Waals surface area contributed by atoms with Crippen LogP contribution in [0.4, 0.5) is 0 Å². The lowest BCUT2D eigenvalue weighted by Gasteiger charge is -2.22. The van der Waals surface area contributed by atoms with Gasteiger partial charge in [-0.25, -0.2) is 0 Å². The van der Waals surface area contributed by atoms with Crippen molar-refractivity contribution in [2.75, 3.05) is 0 Å². The van der Waals surface area contributed by atoms with Crippen LogP contribution >= 0.6 is 0 Å². The summed E-state index contributed by atoms with van der Waals surface area (Å²) in [6.07, 6.45) is 0. The predicted molar refractivity (Wildman–Crippen MR) is 169 cm³/mol. The Morgan fingerprint density at radius 2 is 1.05 bits per heavy atom. The molecule has 0 atom stereocenters. The Morgan fingerprint density at radius 3 is 1.88 bits per heavy atom. The second-order valence-corrected chi connectivity index (χ2v) is 11.4. The number of fused-ring (bicyclic) bond motifs is 6. The van der Waals surface area contributed by atoms with Gasteiger partial charge in [0.05, 0.1) is 11.0 Å². The van der Waals surface area contributed by atoms with Gasteiger partial charge in [-0.05, 0) is 87.0 Å². The quantitative estimate of drug-likeness (QED) is 0.222. The first-order valence-electron chi connectivity index (χ1n) is 14.0. The van der Waals surface area contributed by atoms with E-state index in [0.29, 0.717) is 0 Å². The van der Waals surface area contributed by atoms with Gasteiger partial charge in [-0.15, -0.1) is 0 Å². The Kier molecular flexibility index (Phi) is 4.93. The highest BCUT2D eigenvalue weighted by atomic mass is 15.0. The van der Waals surface area contributed by atoms with Crippen LogP contribution < -0.4 is 0 Å². The molecule has 1 heterocycles. The minimum absolute atomic E-state index is 0.0406. The normalized spacial score (nSPS) is 13.4. The molecule has 1 aliphatic rings. The highest BCUT2D eigenvalue weighted by Crippen LogP contribution is 2.50. The Morgan fingerprint density at radius 1 is 0.425 bits per heavy atom. The lowest BCUT2D eigenvalue weighted by atomic mass is 9.81. The van der Waals surface area contributed by atoms with Gasteiger partial charge in [-0.2, -0.15) is 0 Å². The first kappa shape index (κ1) is 23.0. The van der Waals surface area contributed by atoms with Crippen molar-refractivity contribution in [3.8, 4) is 39.1 Å². The molecule has 190 valence electrons. The molecule has 8 rings (SSSR count). The molecule has 0 spiro atoms. The number of aromatic nitrogens is 1. The van der Waals surface area contributed by atoms with Crippen molar-refractivity contribution in [2.45, 2.75) is 19.3 Å². The molecule has 0 saturated carbocycles. The maximum atomic E-state index is 2.41. The van der Waals surface area contributed by atoms with Gasteiger partial charge < -0.3 is 4.57 Å².